The fourth-order valence-electron chi connectivity index (χ4n) is 4.87. The molecule has 1 spiro atoms. The molecular weight excluding hydrogens is 397 g/mol. The lowest BCUT2D eigenvalue weighted by molar-refractivity contribution is -0.123. The van der Waals surface area contributed by atoms with Crippen LogP contribution in [0.4, 0.5) is 4.39 Å². The van der Waals surface area contributed by atoms with Crippen molar-refractivity contribution in [2.75, 3.05) is 33.9 Å². The Hall–Kier alpha value is -2.60. The number of carbonyl (C=O) groups excluding carboxylic acids is 1. The largest absolute Gasteiger partial charge is 0.497 e. The standard InChI is InChI=1S/C25H30FNO4/c1-29-21-7-8-22(23(16-21)30-2)24(28)27-12-10-25(11-13-27)17-19(9-14-31-25)15-18-3-5-20(26)6-4-18/h3-8,16,19H,9-15,17H2,1-2H3. The number of amides is 1. The third-order valence-corrected chi connectivity index (χ3v) is 6.63. The second kappa shape index (κ2) is 9.27. The predicted octanol–water partition coefficient (Wildman–Crippen LogP) is 4.49. The van der Waals surface area contributed by atoms with E-state index in [1.807, 2.05) is 17.0 Å². The van der Waals surface area contributed by atoms with Crippen molar-refractivity contribution in [3.63, 3.8) is 0 Å². The number of benzene rings is 2. The highest BCUT2D eigenvalue weighted by atomic mass is 19.1. The van der Waals surface area contributed by atoms with Gasteiger partial charge in [0.2, 0.25) is 0 Å². The third-order valence-electron chi connectivity index (χ3n) is 6.63. The molecule has 2 aliphatic rings. The van der Waals surface area contributed by atoms with Crippen molar-refractivity contribution in [3.8, 4) is 11.5 Å². The van der Waals surface area contributed by atoms with Gasteiger partial charge < -0.3 is 19.1 Å². The molecule has 0 aromatic heterocycles. The van der Waals surface area contributed by atoms with Gasteiger partial charge in [-0.15, -0.1) is 0 Å². The lowest BCUT2D eigenvalue weighted by Crippen LogP contribution is -2.51. The molecule has 2 fully saturated rings. The summed E-state index contributed by atoms with van der Waals surface area (Å²) in [5.41, 5.74) is 1.56. The number of hydrogen-bond acceptors (Lipinski definition) is 4. The highest BCUT2D eigenvalue weighted by molar-refractivity contribution is 5.97. The topological polar surface area (TPSA) is 48.0 Å². The number of likely N-dealkylation sites (tertiary alicyclic amines) is 1. The van der Waals surface area contributed by atoms with Crippen LogP contribution in [0.1, 0.15) is 41.6 Å². The molecule has 0 bridgehead atoms. The van der Waals surface area contributed by atoms with E-state index >= 15 is 0 Å². The van der Waals surface area contributed by atoms with Crippen LogP contribution in [0.3, 0.4) is 0 Å². The smallest absolute Gasteiger partial charge is 0.257 e. The zero-order chi connectivity index (χ0) is 21.8. The van der Waals surface area contributed by atoms with Crippen molar-refractivity contribution in [1.29, 1.82) is 0 Å². The SMILES string of the molecule is COc1ccc(C(=O)N2CCC3(CC2)CC(Cc2ccc(F)cc2)CCO3)c(OC)c1. The summed E-state index contributed by atoms with van der Waals surface area (Å²) in [6.07, 6.45) is 4.61. The normalized spacial score (nSPS) is 20.5. The van der Waals surface area contributed by atoms with E-state index in [2.05, 4.69) is 0 Å². The van der Waals surface area contributed by atoms with E-state index in [1.54, 1.807) is 32.4 Å². The first-order valence-corrected chi connectivity index (χ1v) is 10.9. The first kappa shape index (κ1) is 21.6. The molecule has 2 saturated heterocycles. The molecule has 31 heavy (non-hydrogen) atoms. The van der Waals surface area contributed by atoms with Crippen LogP contribution in [0, 0.1) is 11.7 Å². The van der Waals surface area contributed by atoms with Gasteiger partial charge in [-0.3, -0.25) is 4.79 Å². The lowest BCUT2D eigenvalue weighted by Gasteiger charge is -2.46. The van der Waals surface area contributed by atoms with Crippen LogP contribution in [0.25, 0.3) is 0 Å². The van der Waals surface area contributed by atoms with Gasteiger partial charge in [0.1, 0.15) is 17.3 Å². The molecule has 0 N–H and O–H groups in total. The summed E-state index contributed by atoms with van der Waals surface area (Å²) in [4.78, 5) is 15.0. The van der Waals surface area contributed by atoms with E-state index < -0.39 is 0 Å². The van der Waals surface area contributed by atoms with Gasteiger partial charge in [-0.1, -0.05) is 12.1 Å². The fourth-order valence-corrected chi connectivity index (χ4v) is 4.87. The van der Waals surface area contributed by atoms with Crippen LogP contribution in [0.5, 0.6) is 11.5 Å². The first-order chi connectivity index (χ1) is 15.0. The zero-order valence-corrected chi connectivity index (χ0v) is 18.2. The molecule has 0 saturated carbocycles. The molecule has 166 valence electrons. The number of carbonyl (C=O) groups is 1. The van der Waals surface area contributed by atoms with Crippen LogP contribution in [0.15, 0.2) is 42.5 Å². The second-order valence-electron chi connectivity index (χ2n) is 8.58. The maximum absolute atomic E-state index is 13.2. The minimum atomic E-state index is -0.197. The summed E-state index contributed by atoms with van der Waals surface area (Å²) in [5.74, 6) is 1.49. The summed E-state index contributed by atoms with van der Waals surface area (Å²) in [6, 6.07) is 12.1. The van der Waals surface area contributed by atoms with Crippen molar-refractivity contribution in [1.82, 2.24) is 4.90 Å². The first-order valence-electron chi connectivity index (χ1n) is 10.9. The van der Waals surface area contributed by atoms with Crippen LogP contribution in [-0.2, 0) is 11.2 Å². The van der Waals surface area contributed by atoms with E-state index in [9.17, 15) is 9.18 Å². The Kier molecular flexibility index (Phi) is 6.46. The molecule has 0 radical (unpaired) electrons. The predicted molar refractivity (Wildman–Crippen MR) is 116 cm³/mol. The molecule has 2 aliphatic heterocycles. The van der Waals surface area contributed by atoms with Gasteiger partial charge in [-0.05, 0) is 67.9 Å². The second-order valence-corrected chi connectivity index (χ2v) is 8.58. The van der Waals surface area contributed by atoms with Crippen molar-refractivity contribution in [2.24, 2.45) is 5.92 Å². The van der Waals surface area contributed by atoms with Gasteiger partial charge in [-0.25, -0.2) is 4.39 Å². The Bertz CT molecular complexity index is 906. The number of nitrogens with zero attached hydrogens (tertiary/aromatic N) is 1. The molecule has 1 atom stereocenters. The van der Waals surface area contributed by atoms with Crippen LogP contribution < -0.4 is 9.47 Å². The maximum Gasteiger partial charge on any atom is 0.257 e. The van der Waals surface area contributed by atoms with Crippen LogP contribution >= 0.6 is 0 Å². The third kappa shape index (κ3) is 4.85. The van der Waals surface area contributed by atoms with Crippen LogP contribution in [-0.4, -0.2) is 50.3 Å². The Morgan fingerprint density at radius 2 is 1.87 bits per heavy atom. The van der Waals surface area contributed by atoms with Crippen molar-refractivity contribution >= 4 is 5.91 Å². The van der Waals surface area contributed by atoms with Gasteiger partial charge in [0, 0.05) is 25.8 Å². The van der Waals surface area contributed by atoms with E-state index in [0.717, 1.165) is 38.7 Å². The number of rotatable bonds is 5. The summed E-state index contributed by atoms with van der Waals surface area (Å²) >= 11 is 0. The van der Waals surface area contributed by atoms with E-state index in [0.29, 0.717) is 36.1 Å². The molecule has 1 unspecified atom stereocenters. The number of halogens is 1. The van der Waals surface area contributed by atoms with Gasteiger partial charge in [0.05, 0.1) is 25.4 Å². The van der Waals surface area contributed by atoms with E-state index in [1.165, 1.54) is 17.7 Å². The van der Waals surface area contributed by atoms with Gasteiger partial charge in [0.25, 0.3) is 5.91 Å². The minimum Gasteiger partial charge on any atom is -0.497 e. The Morgan fingerprint density at radius 1 is 1.13 bits per heavy atom. The Labute approximate surface area is 183 Å². The quantitative estimate of drug-likeness (QED) is 0.706. The number of piperidine rings is 1. The summed E-state index contributed by atoms with van der Waals surface area (Å²) in [5, 5.41) is 0. The summed E-state index contributed by atoms with van der Waals surface area (Å²) in [6.45, 7) is 2.07. The molecule has 5 nitrogen and oxygen atoms in total. The van der Waals surface area contributed by atoms with Gasteiger partial charge >= 0.3 is 0 Å². The minimum absolute atomic E-state index is 0.0203. The number of ether oxygens (including phenoxy) is 3. The highest BCUT2D eigenvalue weighted by Gasteiger charge is 2.41. The van der Waals surface area contributed by atoms with Crippen molar-refractivity contribution in [2.45, 2.75) is 37.7 Å². The Morgan fingerprint density at radius 3 is 2.55 bits per heavy atom. The van der Waals surface area contributed by atoms with Crippen molar-refractivity contribution < 1.29 is 23.4 Å². The monoisotopic (exact) mass is 427 g/mol. The van der Waals surface area contributed by atoms with E-state index in [-0.39, 0.29) is 17.3 Å². The molecule has 1 amide bonds. The number of methoxy groups -OCH3 is 2. The molecular formula is C25H30FNO4. The van der Waals surface area contributed by atoms with Gasteiger partial charge in [-0.2, -0.15) is 0 Å². The molecule has 2 heterocycles. The fraction of sp³-hybridized carbons (Fsp3) is 0.480. The average molecular weight is 428 g/mol. The molecule has 0 aliphatic carbocycles. The van der Waals surface area contributed by atoms with Crippen molar-refractivity contribution in [3.05, 3.63) is 59.4 Å². The highest BCUT2D eigenvalue weighted by Crippen LogP contribution is 2.39. The average Bonchev–Trinajstić information content (AvgIpc) is 2.80. The molecule has 4 rings (SSSR count). The van der Waals surface area contributed by atoms with Crippen LogP contribution in [0.2, 0.25) is 0 Å². The zero-order valence-electron chi connectivity index (χ0n) is 18.2. The molecule has 6 heteroatoms. The molecule has 2 aromatic rings. The maximum atomic E-state index is 13.2. The lowest BCUT2D eigenvalue weighted by atomic mass is 9.77. The molecule has 2 aromatic carbocycles. The number of hydrogen-bond donors (Lipinski definition) is 0. The van der Waals surface area contributed by atoms with Gasteiger partial charge in [0.15, 0.2) is 0 Å². The summed E-state index contributed by atoms with van der Waals surface area (Å²) < 4.78 is 30.1. The summed E-state index contributed by atoms with van der Waals surface area (Å²) in [7, 11) is 3.15. The van der Waals surface area contributed by atoms with E-state index in [4.69, 9.17) is 14.2 Å². The Balaban J connectivity index is 1.38.